The van der Waals surface area contributed by atoms with E-state index in [1.807, 2.05) is 0 Å². The average Bonchev–Trinajstić information content (AvgIpc) is 2.25. The van der Waals surface area contributed by atoms with E-state index in [-0.39, 0.29) is 0 Å². The monoisotopic (exact) mass is 224 g/mol. The first-order valence-electron chi connectivity index (χ1n) is 4.19. The Morgan fingerprint density at radius 1 is 1.40 bits per heavy atom. The third-order valence-corrected chi connectivity index (χ3v) is 1.84. The number of methoxy groups -OCH3 is 1. The van der Waals surface area contributed by atoms with Gasteiger partial charge in [-0.3, -0.25) is 4.79 Å². The highest BCUT2D eigenvalue weighted by Crippen LogP contribution is 2.08. The molecule has 15 heavy (non-hydrogen) atoms. The van der Waals surface area contributed by atoms with Crippen molar-refractivity contribution < 1.29 is 14.3 Å². The number of allylic oxidation sites excluding steroid dienone is 1. The number of benzene rings is 1. The molecule has 0 aliphatic carbocycles. The minimum atomic E-state index is -0.557. The van der Waals surface area contributed by atoms with Crippen LogP contribution >= 0.6 is 11.6 Å². The van der Waals surface area contributed by atoms with E-state index < -0.39 is 11.2 Å². The van der Waals surface area contributed by atoms with E-state index >= 15 is 0 Å². The predicted molar refractivity (Wildman–Crippen MR) is 57.7 cm³/mol. The fourth-order valence-corrected chi connectivity index (χ4v) is 1.11. The average molecular weight is 225 g/mol. The number of ether oxygens (including phenoxy) is 1. The highest BCUT2D eigenvalue weighted by atomic mass is 35.5. The zero-order valence-electron chi connectivity index (χ0n) is 8.07. The summed E-state index contributed by atoms with van der Waals surface area (Å²) in [7, 11) is 1.31. The van der Waals surface area contributed by atoms with Gasteiger partial charge in [-0.2, -0.15) is 0 Å². The molecule has 0 unspecified atom stereocenters. The number of esters is 1. The molecular formula is C11H9ClO3. The molecule has 0 radical (unpaired) electrons. The zero-order valence-corrected chi connectivity index (χ0v) is 8.82. The number of hydrogen-bond donors (Lipinski definition) is 0. The Balaban J connectivity index is 2.92. The van der Waals surface area contributed by atoms with E-state index in [0.717, 1.165) is 0 Å². The Labute approximate surface area is 92.3 Å². The van der Waals surface area contributed by atoms with Gasteiger partial charge in [0, 0.05) is 0 Å². The van der Waals surface area contributed by atoms with Crippen LogP contribution in [0.1, 0.15) is 15.9 Å². The topological polar surface area (TPSA) is 43.4 Å². The summed E-state index contributed by atoms with van der Waals surface area (Å²) in [5.74, 6) is -0.414. The van der Waals surface area contributed by atoms with Gasteiger partial charge in [0.05, 0.1) is 12.7 Å². The lowest BCUT2D eigenvalue weighted by atomic mass is 10.1. The van der Waals surface area contributed by atoms with E-state index in [2.05, 4.69) is 4.74 Å². The quantitative estimate of drug-likeness (QED) is 0.449. The molecule has 0 N–H and O–H groups in total. The van der Waals surface area contributed by atoms with Crippen LogP contribution in [0.5, 0.6) is 0 Å². The van der Waals surface area contributed by atoms with Gasteiger partial charge >= 0.3 is 5.97 Å². The summed E-state index contributed by atoms with van der Waals surface area (Å²) in [5.41, 5.74) is 1.15. The Kier molecular flexibility index (Phi) is 4.06. The minimum absolute atomic E-state index is 0.414. The molecule has 0 saturated heterocycles. The Bertz CT molecular complexity index is 410. The van der Waals surface area contributed by atoms with Crippen molar-refractivity contribution in [2.75, 3.05) is 7.11 Å². The van der Waals surface area contributed by atoms with Crippen LogP contribution in [0.2, 0.25) is 0 Å². The summed E-state index contributed by atoms with van der Waals surface area (Å²) < 4.78 is 4.56. The molecule has 0 aromatic heterocycles. The summed E-state index contributed by atoms with van der Waals surface area (Å²) in [5, 5.41) is -0.557. The number of carbonyl (C=O) groups is 2. The lowest BCUT2D eigenvalue weighted by Gasteiger charge is -1.99. The van der Waals surface area contributed by atoms with Crippen LogP contribution in [0.3, 0.4) is 0 Å². The van der Waals surface area contributed by atoms with Gasteiger partial charge in [0.1, 0.15) is 0 Å². The fraction of sp³-hybridized carbons (Fsp3) is 0.0909. The van der Waals surface area contributed by atoms with Crippen molar-refractivity contribution in [1.29, 1.82) is 0 Å². The number of hydrogen-bond acceptors (Lipinski definition) is 3. The highest BCUT2D eigenvalue weighted by molar-refractivity contribution is 6.66. The van der Waals surface area contributed by atoms with E-state index in [1.54, 1.807) is 24.3 Å². The first kappa shape index (κ1) is 11.5. The molecular weight excluding hydrogens is 216 g/mol. The summed E-state index contributed by atoms with van der Waals surface area (Å²) in [6.45, 7) is 0. The molecule has 1 aromatic carbocycles. The molecule has 78 valence electrons. The van der Waals surface area contributed by atoms with E-state index in [0.29, 0.717) is 11.1 Å². The highest BCUT2D eigenvalue weighted by Gasteiger charge is 2.03. The molecule has 3 nitrogen and oxygen atoms in total. The third-order valence-electron chi connectivity index (χ3n) is 1.71. The van der Waals surface area contributed by atoms with Crippen molar-refractivity contribution in [2.24, 2.45) is 0 Å². The Hall–Kier alpha value is -1.61. The molecule has 4 heteroatoms. The summed E-state index contributed by atoms with van der Waals surface area (Å²) >= 11 is 5.14. The van der Waals surface area contributed by atoms with Gasteiger partial charge in [0.15, 0.2) is 0 Å². The van der Waals surface area contributed by atoms with Crippen LogP contribution < -0.4 is 0 Å². The zero-order chi connectivity index (χ0) is 11.3. The Morgan fingerprint density at radius 3 is 2.73 bits per heavy atom. The van der Waals surface area contributed by atoms with Crippen molar-refractivity contribution in [3.05, 3.63) is 41.5 Å². The first-order chi connectivity index (χ1) is 7.13. The molecule has 1 rings (SSSR count). The third kappa shape index (κ3) is 3.56. The largest absolute Gasteiger partial charge is 0.465 e. The lowest BCUT2D eigenvalue weighted by Crippen LogP contribution is -2.00. The van der Waals surface area contributed by atoms with Crippen molar-refractivity contribution in [3.63, 3.8) is 0 Å². The molecule has 0 atom stereocenters. The van der Waals surface area contributed by atoms with Gasteiger partial charge in [-0.25, -0.2) is 4.79 Å². The summed E-state index contributed by atoms with van der Waals surface area (Å²) in [4.78, 5) is 21.6. The Morgan fingerprint density at radius 2 is 2.13 bits per heavy atom. The van der Waals surface area contributed by atoms with Gasteiger partial charge in [0.25, 0.3) is 0 Å². The van der Waals surface area contributed by atoms with Crippen molar-refractivity contribution in [1.82, 2.24) is 0 Å². The SMILES string of the molecule is COC(=O)c1cccc(/C=C/C(=O)Cl)c1. The summed E-state index contributed by atoms with van der Waals surface area (Å²) in [6, 6.07) is 6.70. The molecule has 0 aliphatic heterocycles. The second-order valence-corrected chi connectivity index (χ2v) is 3.13. The van der Waals surface area contributed by atoms with Gasteiger partial charge in [-0.05, 0) is 35.4 Å². The second-order valence-electron chi connectivity index (χ2n) is 2.75. The molecule has 0 heterocycles. The van der Waals surface area contributed by atoms with Crippen LogP contribution in [0, 0.1) is 0 Å². The van der Waals surface area contributed by atoms with Crippen LogP contribution in [-0.4, -0.2) is 18.3 Å². The molecule has 0 amide bonds. The standard InChI is InChI=1S/C11H9ClO3/c1-15-11(14)9-4-2-3-8(7-9)5-6-10(12)13/h2-7H,1H3/b6-5+. The van der Waals surface area contributed by atoms with E-state index in [1.165, 1.54) is 19.3 Å². The van der Waals surface area contributed by atoms with Gasteiger partial charge in [0.2, 0.25) is 5.24 Å². The number of carbonyl (C=O) groups excluding carboxylic acids is 2. The first-order valence-corrected chi connectivity index (χ1v) is 4.57. The van der Waals surface area contributed by atoms with Crippen LogP contribution in [0.4, 0.5) is 0 Å². The van der Waals surface area contributed by atoms with E-state index in [9.17, 15) is 9.59 Å². The predicted octanol–water partition coefficient (Wildman–Crippen LogP) is 2.25. The smallest absolute Gasteiger partial charge is 0.337 e. The maximum absolute atomic E-state index is 11.2. The number of rotatable bonds is 3. The second kappa shape index (κ2) is 5.32. The van der Waals surface area contributed by atoms with Crippen LogP contribution in [0.15, 0.2) is 30.3 Å². The molecule has 0 fully saturated rings. The van der Waals surface area contributed by atoms with Crippen LogP contribution in [0.25, 0.3) is 6.08 Å². The van der Waals surface area contributed by atoms with Crippen LogP contribution in [-0.2, 0) is 9.53 Å². The minimum Gasteiger partial charge on any atom is -0.465 e. The summed E-state index contributed by atoms with van der Waals surface area (Å²) in [6.07, 6.45) is 2.75. The molecule has 0 bridgehead atoms. The molecule has 0 aliphatic rings. The van der Waals surface area contributed by atoms with Gasteiger partial charge < -0.3 is 4.74 Å². The van der Waals surface area contributed by atoms with Gasteiger partial charge in [-0.15, -0.1) is 0 Å². The van der Waals surface area contributed by atoms with Crippen molar-refractivity contribution in [2.45, 2.75) is 0 Å². The normalized spacial score (nSPS) is 10.3. The molecule has 1 aromatic rings. The van der Waals surface area contributed by atoms with Gasteiger partial charge in [-0.1, -0.05) is 18.2 Å². The maximum atomic E-state index is 11.2. The van der Waals surface area contributed by atoms with Crippen molar-refractivity contribution >= 4 is 28.9 Å². The molecule has 0 saturated carbocycles. The fourth-order valence-electron chi connectivity index (χ4n) is 1.05. The van der Waals surface area contributed by atoms with E-state index in [4.69, 9.17) is 11.6 Å². The maximum Gasteiger partial charge on any atom is 0.337 e. The lowest BCUT2D eigenvalue weighted by molar-refractivity contribution is -0.107. The van der Waals surface area contributed by atoms with Crippen molar-refractivity contribution in [3.8, 4) is 0 Å². The number of halogens is 1. The molecule has 0 spiro atoms.